The number of halogens is 1. The van der Waals surface area contributed by atoms with Crippen LogP contribution >= 0.6 is 11.6 Å². The summed E-state index contributed by atoms with van der Waals surface area (Å²) in [7, 11) is 1.57. The fourth-order valence-electron chi connectivity index (χ4n) is 2.35. The maximum Gasteiger partial charge on any atom is 0.270 e. The van der Waals surface area contributed by atoms with Crippen molar-refractivity contribution in [1.29, 1.82) is 0 Å². The Balaban J connectivity index is 2.23. The highest BCUT2D eigenvalue weighted by Gasteiger charge is 2.19. The molecule has 7 heteroatoms. The van der Waals surface area contributed by atoms with Gasteiger partial charge in [0.25, 0.3) is 11.6 Å². The molecule has 0 spiro atoms. The second-order valence-electron chi connectivity index (χ2n) is 5.36. The normalized spacial score (nSPS) is 11.7. The van der Waals surface area contributed by atoms with Gasteiger partial charge in [-0.25, -0.2) is 0 Å². The van der Waals surface area contributed by atoms with Gasteiger partial charge in [-0.1, -0.05) is 29.3 Å². The van der Waals surface area contributed by atoms with Crippen LogP contribution in [-0.2, 0) is 0 Å². The van der Waals surface area contributed by atoms with Crippen molar-refractivity contribution in [3.05, 3.63) is 68.2 Å². The van der Waals surface area contributed by atoms with Crippen LogP contribution in [0.4, 0.5) is 5.69 Å². The summed E-state index contributed by atoms with van der Waals surface area (Å²) in [6.07, 6.45) is 0. The van der Waals surface area contributed by atoms with E-state index in [-0.39, 0.29) is 22.3 Å². The van der Waals surface area contributed by atoms with Gasteiger partial charge in [0.2, 0.25) is 0 Å². The molecule has 1 N–H and O–H groups in total. The SMILES string of the molecule is COc1ccc(C)cc1C(C)NC(=O)c1ccc([N+](=O)[O-])cc1Cl. The zero-order valence-corrected chi connectivity index (χ0v) is 14.3. The lowest BCUT2D eigenvalue weighted by Crippen LogP contribution is -2.27. The molecule has 0 saturated heterocycles. The molecule has 24 heavy (non-hydrogen) atoms. The van der Waals surface area contributed by atoms with Crippen LogP contribution < -0.4 is 10.1 Å². The van der Waals surface area contributed by atoms with Crippen LogP contribution in [0.15, 0.2) is 36.4 Å². The third kappa shape index (κ3) is 3.83. The monoisotopic (exact) mass is 348 g/mol. The lowest BCUT2D eigenvalue weighted by atomic mass is 10.0. The van der Waals surface area contributed by atoms with Gasteiger partial charge >= 0.3 is 0 Å². The number of hydrogen-bond donors (Lipinski definition) is 1. The van der Waals surface area contributed by atoms with Crippen LogP contribution in [0.5, 0.6) is 5.75 Å². The standard InChI is InChI=1S/C17H17ClN2O4/c1-10-4-7-16(24-3)14(8-10)11(2)19-17(21)13-6-5-12(20(22)23)9-15(13)18/h4-9,11H,1-3H3,(H,19,21). The number of non-ortho nitro benzene ring substituents is 1. The van der Waals surface area contributed by atoms with Gasteiger partial charge in [0.05, 0.1) is 28.7 Å². The maximum absolute atomic E-state index is 12.4. The van der Waals surface area contributed by atoms with Crippen LogP contribution in [0.1, 0.15) is 34.5 Å². The number of methoxy groups -OCH3 is 1. The van der Waals surface area contributed by atoms with Crippen LogP contribution in [0.3, 0.4) is 0 Å². The van der Waals surface area contributed by atoms with E-state index in [0.717, 1.165) is 17.2 Å². The van der Waals surface area contributed by atoms with E-state index in [1.54, 1.807) is 7.11 Å². The van der Waals surface area contributed by atoms with E-state index in [2.05, 4.69) is 5.32 Å². The van der Waals surface area contributed by atoms with Crippen LogP contribution in [0.2, 0.25) is 5.02 Å². The molecule has 0 radical (unpaired) electrons. The Morgan fingerprint density at radius 1 is 1.29 bits per heavy atom. The second kappa shape index (κ2) is 7.31. The Morgan fingerprint density at radius 2 is 2.00 bits per heavy atom. The average molecular weight is 349 g/mol. The number of rotatable bonds is 5. The van der Waals surface area contributed by atoms with Gasteiger partial charge in [-0.05, 0) is 26.0 Å². The number of aryl methyl sites for hydroxylation is 1. The number of nitro groups is 1. The van der Waals surface area contributed by atoms with Gasteiger partial charge in [-0.3, -0.25) is 14.9 Å². The third-order valence-corrected chi connectivity index (χ3v) is 3.92. The Morgan fingerprint density at radius 3 is 2.58 bits per heavy atom. The van der Waals surface area contributed by atoms with E-state index >= 15 is 0 Å². The number of carbonyl (C=O) groups excluding carboxylic acids is 1. The first-order valence-electron chi connectivity index (χ1n) is 7.23. The van der Waals surface area contributed by atoms with E-state index in [1.807, 2.05) is 32.0 Å². The van der Waals surface area contributed by atoms with E-state index in [0.29, 0.717) is 5.75 Å². The first-order chi connectivity index (χ1) is 11.3. The fourth-order valence-corrected chi connectivity index (χ4v) is 2.61. The molecule has 1 amide bonds. The summed E-state index contributed by atoms with van der Waals surface area (Å²) in [4.78, 5) is 22.6. The minimum absolute atomic E-state index is 0.0325. The summed E-state index contributed by atoms with van der Waals surface area (Å²) in [5.41, 5.74) is 1.90. The van der Waals surface area contributed by atoms with Gasteiger partial charge in [-0.2, -0.15) is 0 Å². The molecule has 0 bridgehead atoms. The molecule has 1 atom stereocenters. The summed E-state index contributed by atoms with van der Waals surface area (Å²) in [6.45, 7) is 3.78. The number of carbonyl (C=O) groups is 1. The molecule has 0 heterocycles. The Hall–Kier alpha value is -2.60. The molecular formula is C17H17ClN2O4. The average Bonchev–Trinajstić information content (AvgIpc) is 2.54. The number of nitrogens with one attached hydrogen (secondary N) is 1. The van der Waals surface area contributed by atoms with E-state index in [1.165, 1.54) is 12.1 Å². The van der Waals surface area contributed by atoms with E-state index in [9.17, 15) is 14.9 Å². The van der Waals surface area contributed by atoms with Crippen LogP contribution in [0.25, 0.3) is 0 Å². The topological polar surface area (TPSA) is 81.5 Å². The molecule has 126 valence electrons. The molecule has 0 saturated carbocycles. The van der Waals surface area contributed by atoms with Crippen LogP contribution in [-0.4, -0.2) is 17.9 Å². The molecule has 2 aromatic carbocycles. The highest BCUT2D eigenvalue weighted by Crippen LogP contribution is 2.27. The van der Waals surface area contributed by atoms with Gasteiger partial charge in [-0.15, -0.1) is 0 Å². The van der Waals surface area contributed by atoms with Crippen molar-refractivity contribution < 1.29 is 14.5 Å². The zero-order valence-electron chi connectivity index (χ0n) is 13.5. The number of nitro benzene ring substituents is 1. The number of benzene rings is 2. The van der Waals surface area contributed by atoms with E-state index in [4.69, 9.17) is 16.3 Å². The number of amides is 1. The molecule has 2 aromatic rings. The summed E-state index contributed by atoms with van der Waals surface area (Å²) >= 11 is 5.99. The molecule has 2 rings (SSSR count). The fraction of sp³-hybridized carbons (Fsp3) is 0.235. The molecule has 0 aliphatic carbocycles. The number of ether oxygens (including phenoxy) is 1. The Labute approximate surface area is 144 Å². The first kappa shape index (κ1) is 17.7. The number of hydrogen-bond acceptors (Lipinski definition) is 4. The van der Waals surface area contributed by atoms with Gasteiger partial charge in [0, 0.05) is 17.7 Å². The van der Waals surface area contributed by atoms with Gasteiger partial charge < -0.3 is 10.1 Å². The summed E-state index contributed by atoms with van der Waals surface area (Å²) in [5, 5.41) is 13.6. The molecule has 6 nitrogen and oxygen atoms in total. The maximum atomic E-state index is 12.4. The summed E-state index contributed by atoms with van der Waals surface area (Å²) in [6, 6.07) is 9.12. The van der Waals surface area contributed by atoms with Crippen molar-refractivity contribution in [3.8, 4) is 5.75 Å². The zero-order chi connectivity index (χ0) is 17.9. The number of nitrogens with zero attached hydrogens (tertiary/aromatic N) is 1. The molecule has 0 aromatic heterocycles. The third-order valence-electron chi connectivity index (χ3n) is 3.61. The first-order valence-corrected chi connectivity index (χ1v) is 7.60. The highest BCUT2D eigenvalue weighted by atomic mass is 35.5. The van der Waals surface area contributed by atoms with Crippen molar-refractivity contribution in [2.75, 3.05) is 7.11 Å². The van der Waals surface area contributed by atoms with E-state index < -0.39 is 10.8 Å². The Kier molecular flexibility index (Phi) is 5.41. The highest BCUT2D eigenvalue weighted by molar-refractivity contribution is 6.34. The predicted octanol–water partition coefficient (Wildman–Crippen LogP) is 4.06. The largest absolute Gasteiger partial charge is 0.496 e. The van der Waals surface area contributed by atoms with Crippen molar-refractivity contribution in [2.45, 2.75) is 19.9 Å². The van der Waals surface area contributed by atoms with Gasteiger partial charge in [0.1, 0.15) is 5.75 Å². The molecule has 0 aliphatic heterocycles. The second-order valence-corrected chi connectivity index (χ2v) is 5.77. The minimum Gasteiger partial charge on any atom is -0.496 e. The van der Waals surface area contributed by atoms with Crippen LogP contribution in [0, 0.1) is 17.0 Å². The van der Waals surface area contributed by atoms with Crippen molar-refractivity contribution in [2.24, 2.45) is 0 Å². The summed E-state index contributed by atoms with van der Waals surface area (Å²) in [5.74, 6) is 0.258. The molecule has 0 aliphatic rings. The van der Waals surface area contributed by atoms with Crippen molar-refractivity contribution in [1.82, 2.24) is 5.32 Å². The molecule has 0 fully saturated rings. The quantitative estimate of drug-likeness (QED) is 0.652. The van der Waals surface area contributed by atoms with Gasteiger partial charge in [0.15, 0.2) is 0 Å². The lowest BCUT2D eigenvalue weighted by molar-refractivity contribution is -0.384. The molecular weight excluding hydrogens is 332 g/mol. The lowest BCUT2D eigenvalue weighted by Gasteiger charge is -2.18. The van der Waals surface area contributed by atoms with Crippen molar-refractivity contribution >= 4 is 23.2 Å². The predicted molar refractivity (Wildman–Crippen MR) is 91.7 cm³/mol. The minimum atomic E-state index is -0.562. The summed E-state index contributed by atoms with van der Waals surface area (Å²) < 4.78 is 5.32. The molecule has 1 unspecified atom stereocenters. The smallest absolute Gasteiger partial charge is 0.270 e. The Bertz CT molecular complexity index is 792. The van der Waals surface area contributed by atoms with Crippen molar-refractivity contribution in [3.63, 3.8) is 0 Å².